The van der Waals surface area contributed by atoms with E-state index in [-0.39, 0.29) is 11.3 Å². The van der Waals surface area contributed by atoms with Gasteiger partial charge in [-0.3, -0.25) is 9.59 Å². The van der Waals surface area contributed by atoms with Crippen molar-refractivity contribution >= 4 is 17.4 Å². The van der Waals surface area contributed by atoms with Gasteiger partial charge in [-0.2, -0.15) is 0 Å². The number of methoxy groups -OCH3 is 1. The molecular formula is C32H44N2O6. The molecule has 8 heteroatoms. The maximum atomic E-state index is 13.4. The summed E-state index contributed by atoms with van der Waals surface area (Å²) in [5.41, 5.74) is 1.18. The monoisotopic (exact) mass is 552 g/mol. The zero-order valence-corrected chi connectivity index (χ0v) is 24.6. The van der Waals surface area contributed by atoms with Crippen LogP contribution in [0, 0.1) is 0 Å². The molecule has 1 fully saturated rings. The highest BCUT2D eigenvalue weighted by atomic mass is 16.5. The minimum Gasteiger partial charge on any atom is -0.507 e. The third-order valence-electron chi connectivity index (χ3n) is 7.26. The highest BCUT2D eigenvalue weighted by Gasteiger charge is 2.46. The number of likely N-dealkylation sites (tertiary alicyclic amines) is 1. The number of Topliss-reactive ketones (excluding diaryl/α,β-unsaturated/α-hetero) is 1. The number of ether oxygens (including phenoxy) is 3. The van der Waals surface area contributed by atoms with Crippen LogP contribution < -0.4 is 14.2 Å². The van der Waals surface area contributed by atoms with E-state index in [2.05, 4.69) is 25.7 Å². The summed E-state index contributed by atoms with van der Waals surface area (Å²) in [6, 6.07) is 11.6. The zero-order valence-electron chi connectivity index (χ0n) is 24.6. The van der Waals surface area contributed by atoms with Crippen molar-refractivity contribution in [1.29, 1.82) is 0 Å². The Morgan fingerprint density at radius 1 is 0.925 bits per heavy atom. The van der Waals surface area contributed by atoms with Gasteiger partial charge in [0, 0.05) is 12.1 Å². The number of hydrogen-bond donors (Lipinski definition) is 1. The van der Waals surface area contributed by atoms with E-state index >= 15 is 0 Å². The van der Waals surface area contributed by atoms with Crippen molar-refractivity contribution in [3.63, 3.8) is 0 Å². The topological polar surface area (TPSA) is 88.5 Å². The van der Waals surface area contributed by atoms with E-state index in [0.717, 1.165) is 38.9 Å². The first-order valence-electron chi connectivity index (χ1n) is 14.4. The molecule has 2 aromatic rings. The van der Waals surface area contributed by atoms with Crippen molar-refractivity contribution in [2.45, 2.75) is 59.4 Å². The van der Waals surface area contributed by atoms with E-state index < -0.39 is 17.7 Å². The van der Waals surface area contributed by atoms with E-state index in [1.807, 2.05) is 19.1 Å². The zero-order chi connectivity index (χ0) is 29.1. The van der Waals surface area contributed by atoms with Gasteiger partial charge in [-0.15, -0.1) is 0 Å². The summed E-state index contributed by atoms with van der Waals surface area (Å²) in [5, 5.41) is 11.4. The molecule has 0 spiro atoms. The van der Waals surface area contributed by atoms with Gasteiger partial charge in [0.15, 0.2) is 11.5 Å². The van der Waals surface area contributed by atoms with Crippen LogP contribution in [0.2, 0.25) is 0 Å². The van der Waals surface area contributed by atoms with Gasteiger partial charge in [-0.1, -0.05) is 39.7 Å². The number of benzene rings is 2. The molecule has 0 radical (unpaired) electrons. The molecule has 1 saturated heterocycles. The van der Waals surface area contributed by atoms with Crippen LogP contribution in [0.15, 0.2) is 48.0 Å². The molecule has 0 unspecified atom stereocenters. The Bertz CT molecular complexity index is 1160. The average Bonchev–Trinajstić information content (AvgIpc) is 3.22. The molecule has 3 rings (SSSR count). The van der Waals surface area contributed by atoms with Crippen molar-refractivity contribution in [2.75, 3.05) is 46.5 Å². The summed E-state index contributed by atoms with van der Waals surface area (Å²) in [6.45, 7) is 12.3. The Morgan fingerprint density at radius 2 is 1.65 bits per heavy atom. The van der Waals surface area contributed by atoms with Crippen molar-refractivity contribution < 1.29 is 28.9 Å². The average molecular weight is 553 g/mol. The Morgan fingerprint density at radius 3 is 2.27 bits per heavy atom. The Labute approximate surface area is 238 Å². The quantitative estimate of drug-likeness (QED) is 0.122. The number of nitrogens with zero attached hydrogens (tertiary/aromatic N) is 2. The molecule has 40 heavy (non-hydrogen) atoms. The smallest absolute Gasteiger partial charge is 0.295 e. The lowest BCUT2D eigenvalue weighted by Crippen LogP contribution is -2.33. The number of amides is 1. The standard InChI is InChI=1S/C32H44N2O6/c1-6-10-11-21-40-26-18-15-24(22-27(26)38-5)29-28(30(35)23-13-16-25(17-14-23)39-9-4)31(36)32(37)34(29)20-12-19-33(7-2)8-3/h13-18,22,29,35H,6-12,19-21H2,1-5H3/t29-/m0/s1. The second kappa shape index (κ2) is 15.3. The summed E-state index contributed by atoms with van der Waals surface area (Å²) in [6.07, 6.45) is 3.81. The van der Waals surface area contributed by atoms with Crippen LogP contribution in [0.5, 0.6) is 17.2 Å². The maximum absolute atomic E-state index is 13.4. The van der Waals surface area contributed by atoms with E-state index in [1.54, 1.807) is 42.3 Å². The van der Waals surface area contributed by atoms with Crippen LogP contribution in [0.4, 0.5) is 0 Å². The summed E-state index contributed by atoms with van der Waals surface area (Å²) in [4.78, 5) is 30.6. The van der Waals surface area contributed by atoms with Gasteiger partial charge in [0.1, 0.15) is 11.5 Å². The Kier molecular flexibility index (Phi) is 11.9. The first kappa shape index (κ1) is 31.0. The number of aliphatic hydroxyl groups excluding tert-OH is 1. The molecule has 2 aromatic carbocycles. The predicted molar refractivity (Wildman–Crippen MR) is 157 cm³/mol. The first-order valence-corrected chi connectivity index (χ1v) is 14.4. The lowest BCUT2D eigenvalue weighted by molar-refractivity contribution is -0.140. The van der Waals surface area contributed by atoms with Crippen LogP contribution in [0.1, 0.15) is 70.5 Å². The molecule has 1 atom stereocenters. The van der Waals surface area contributed by atoms with Gasteiger partial charge < -0.3 is 29.1 Å². The molecule has 1 aliphatic heterocycles. The second-order valence-corrected chi connectivity index (χ2v) is 9.80. The van der Waals surface area contributed by atoms with Crippen LogP contribution in [-0.4, -0.2) is 73.1 Å². The van der Waals surface area contributed by atoms with Gasteiger partial charge in [-0.25, -0.2) is 0 Å². The van der Waals surface area contributed by atoms with E-state index in [4.69, 9.17) is 14.2 Å². The fourth-order valence-electron chi connectivity index (χ4n) is 5.00. The van der Waals surface area contributed by atoms with Crippen molar-refractivity contribution in [2.24, 2.45) is 0 Å². The van der Waals surface area contributed by atoms with Gasteiger partial charge in [0.2, 0.25) is 0 Å². The number of unbranched alkanes of at least 4 members (excludes halogenated alkanes) is 2. The summed E-state index contributed by atoms with van der Waals surface area (Å²) >= 11 is 0. The van der Waals surface area contributed by atoms with Crippen LogP contribution >= 0.6 is 0 Å². The number of rotatable bonds is 16. The molecule has 218 valence electrons. The number of aliphatic hydroxyl groups is 1. The summed E-state index contributed by atoms with van der Waals surface area (Å²) < 4.78 is 17.1. The molecule has 1 heterocycles. The molecule has 0 bridgehead atoms. The van der Waals surface area contributed by atoms with E-state index in [9.17, 15) is 14.7 Å². The Balaban J connectivity index is 2.02. The highest BCUT2D eigenvalue weighted by Crippen LogP contribution is 2.42. The molecule has 0 saturated carbocycles. The van der Waals surface area contributed by atoms with Crippen molar-refractivity contribution in [1.82, 2.24) is 9.80 Å². The molecule has 0 aliphatic carbocycles. The fraction of sp³-hybridized carbons (Fsp3) is 0.500. The third-order valence-corrected chi connectivity index (χ3v) is 7.26. The first-order chi connectivity index (χ1) is 19.4. The largest absolute Gasteiger partial charge is 0.507 e. The van der Waals surface area contributed by atoms with Gasteiger partial charge >= 0.3 is 0 Å². The Hall–Kier alpha value is -3.52. The van der Waals surface area contributed by atoms with Gasteiger partial charge in [-0.05, 0) is 81.4 Å². The molecule has 1 N–H and O–H groups in total. The molecule has 1 amide bonds. The minimum absolute atomic E-state index is 0.0654. The van der Waals surface area contributed by atoms with Crippen LogP contribution in [0.25, 0.3) is 5.76 Å². The van der Waals surface area contributed by atoms with E-state index in [1.165, 1.54) is 0 Å². The number of carbonyl (C=O) groups is 2. The summed E-state index contributed by atoms with van der Waals surface area (Å²) in [5.74, 6) is 0.258. The molecular weight excluding hydrogens is 508 g/mol. The fourth-order valence-corrected chi connectivity index (χ4v) is 5.00. The lowest BCUT2D eigenvalue weighted by Gasteiger charge is -2.27. The maximum Gasteiger partial charge on any atom is 0.295 e. The van der Waals surface area contributed by atoms with E-state index in [0.29, 0.717) is 54.6 Å². The second-order valence-electron chi connectivity index (χ2n) is 9.80. The molecule has 8 nitrogen and oxygen atoms in total. The van der Waals surface area contributed by atoms with Crippen LogP contribution in [0.3, 0.4) is 0 Å². The van der Waals surface area contributed by atoms with Crippen LogP contribution in [-0.2, 0) is 9.59 Å². The SMILES string of the molecule is CCCCCOc1ccc([C@H]2C(=C(O)c3ccc(OCC)cc3)C(=O)C(=O)N2CCCN(CC)CC)cc1OC. The number of carbonyl (C=O) groups excluding carboxylic acids is 2. The predicted octanol–water partition coefficient (Wildman–Crippen LogP) is 5.82. The molecule has 1 aliphatic rings. The summed E-state index contributed by atoms with van der Waals surface area (Å²) in [7, 11) is 1.57. The normalized spacial score (nSPS) is 16.6. The lowest BCUT2D eigenvalue weighted by atomic mass is 9.95. The van der Waals surface area contributed by atoms with Gasteiger partial charge in [0.05, 0.1) is 31.9 Å². The minimum atomic E-state index is -0.758. The third kappa shape index (κ3) is 7.36. The highest BCUT2D eigenvalue weighted by molar-refractivity contribution is 6.46. The van der Waals surface area contributed by atoms with Gasteiger partial charge in [0.25, 0.3) is 11.7 Å². The number of hydrogen-bond acceptors (Lipinski definition) is 7. The number of ketones is 1. The van der Waals surface area contributed by atoms with Crippen molar-refractivity contribution in [3.8, 4) is 17.2 Å². The van der Waals surface area contributed by atoms with Crippen molar-refractivity contribution in [3.05, 3.63) is 59.2 Å². The molecule has 0 aromatic heterocycles.